The first kappa shape index (κ1) is 17.0. The molecule has 1 N–H and O–H groups in total. The van der Waals surface area contributed by atoms with Crippen LogP contribution in [0.5, 0.6) is 0 Å². The molecule has 29 heavy (non-hydrogen) atoms. The van der Waals surface area contributed by atoms with Crippen molar-refractivity contribution in [3.8, 4) is 22.9 Å². The largest absolute Gasteiger partial charge is 0.364 e. The Labute approximate surface area is 162 Å². The molecule has 10 heteroatoms. The molecule has 4 aromatic heterocycles. The van der Waals surface area contributed by atoms with E-state index in [1.165, 1.54) is 16.9 Å². The maximum Gasteiger partial charge on any atom is 0.327 e. The molecular formula is C19H14FN7O2. The summed E-state index contributed by atoms with van der Waals surface area (Å²) in [6, 6.07) is 9.94. The maximum atomic E-state index is 14.2. The second-order valence-electron chi connectivity index (χ2n) is 6.47. The molecule has 0 unspecified atom stereocenters. The van der Waals surface area contributed by atoms with Gasteiger partial charge in [0.05, 0.1) is 18.4 Å². The van der Waals surface area contributed by atoms with Gasteiger partial charge in [-0.15, -0.1) is 0 Å². The number of fused-ring (bicyclic) bond motifs is 1. The molecule has 1 aromatic carbocycles. The van der Waals surface area contributed by atoms with Gasteiger partial charge >= 0.3 is 5.69 Å². The van der Waals surface area contributed by atoms with Crippen molar-refractivity contribution >= 4 is 11.2 Å². The number of nitrogens with one attached hydrogen (secondary N) is 1. The lowest BCUT2D eigenvalue weighted by Gasteiger charge is -2.06. The Morgan fingerprint density at radius 1 is 1.21 bits per heavy atom. The van der Waals surface area contributed by atoms with Gasteiger partial charge in [0.15, 0.2) is 11.5 Å². The highest BCUT2D eigenvalue weighted by molar-refractivity contribution is 5.72. The van der Waals surface area contributed by atoms with E-state index in [4.69, 9.17) is 4.52 Å². The number of rotatable bonds is 4. The summed E-state index contributed by atoms with van der Waals surface area (Å²) < 4.78 is 22.2. The Balaban J connectivity index is 1.63. The van der Waals surface area contributed by atoms with Gasteiger partial charge in [-0.05, 0) is 12.1 Å². The number of hydrogen-bond acceptors (Lipinski definition) is 6. The van der Waals surface area contributed by atoms with Crippen molar-refractivity contribution in [1.82, 2.24) is 34.5 Å². The van der Waals surface area contributed by atoms with Crippen LogP contribution in [0.25, 0.3) is 34.1 Å². The lowest BCUT2D eigenvalue weighted by atomic mass is 10.2. The van der Waals surface area contributed by atoms with Gasteiger partial charge in [-0.3, -0.25) is 14.2 Å². The van der Waals surface area contributed by atoms with Gasteiger partial charge in [-0.25, -0.2) is 19.2 Å². The van der Waals surface area contributed by atoms with Crippen molar-refractivity contribution in [2.24, 2.45) is 7.05 Å². The first-order chi connectivity index (χ1) is 14.1. The third kappa shape index (κ3) is 2.90. The van der Waals surface area contributed by atoms with E-state index < -0.39 is 0 Å². The van der Waals surface area contributed by atoms with E-state index >= 15 is 0 Å². The summed E-state index contributed by atoms with van der Waals surface area (Å²) in [7, 11) is 1.63. The van der Waals surface area contributed by atoms with Gasteiger partial charge in [0, 0.05) is 18.7 Å². The summed E-state index contributed by atoms with van der Waals surface area (Å²) >= 11 is 0. The van der Waals surface area contributed by atoms with Crippen molar-refractivity contribution in [2.75, 3.05) is 0 Å². The van der Waals surface area contributed by atoms with Crippen molar-refractivity contribution in [3.05, 3.63) is 70.7 Å². The van der Waals surface area contributed by atoms with E-state index in [-0.39, 0.29) is 18.1 Å². The third-order valence-electron chi connectivity index (χ3n) is 4.65. The molecule has 5 aromatic rings. The molecular weight excluding hydrogens is 377 g/mol. The number of hydrogen-bond donors (Lipinski definition) is 1. The minimum absolute atomic E-state index is 0.194. The van der Waals surface area contributed by atoms with Gasteiger partial charge in [-0.2, -0.15) is 5.10 Å². The second-order valence-corrected chi connectivity index (χ2v) is 6.47. The van der Waals surface area contributed by atoms with Crippen molar-refractivity contribution in [3.63, 3.8) is 0 Å². The van der Waals surface area contributed by atoms with Crippen LogP contribution in [-0.2, 0) is 13.6 Å². The average Bonchev–Trinajstić information content (AvgIpc) is 3.44. The fourth-order valence-electron chi connectivity index (χ4n) is 3.12. The van der Waals surface area contributed by atoms with Crippen LogP contribution in [0.1, 0.15) is 5.56 Å². The molecule has 0 saturated heterocycles. The molecule has 0 fully saturated rings. The van der Waals surface area contributed by atoms with E-state index in [0.717, 1.165) is 0 Å². The number of H-pyrrole nitrogens is 1. The van der Waals surface area contributed by atoms with Crippen molar-refractivity contribution in [2.45, 2.75) is 6.54 Å². The number of aromatic amines is 1. The van der Waals surface area contributed by atoms with E-state index in [9.17, 15) is 9.18 Å². The predicted molar refractivity (Wildman–Crippen MR) is 101 cm³/mol. The number of aromatic nitrogens is 7. The van der Waals surface area contributed by atoms with Crippen LogP contribution in [0.4, 0.5) is 4.39 Å². The zero-order valence-electron chi connectivity index (χ0n) is 15.2. The minimum atomic E-state index is -0.324. The maximum absolute atomic E-state index is 14.2. The Morgan fingerprint density at radius 2 is 2.07 bits per heavy atom. The summed E-state index contributed by atoms with van der Waals surface area (Å²) in [6.07, 6.45) is 3.01. The van der Waals surface area contributed by atoms with Gasteiger partial charge in [-0.1, -0.05) is 23.4 Å². The topological polar surface area (TPSA) is 107 Å². The lowest BCUT2D eigenvalue weighted by Crippen LogP contribution is -2.11. The Bertz CT molecular complexity index is 1380. The van der Waals surface area contributed by atoms with Crippen LogP contribution >= 0.6 is 0 Å². The number of nitrogens with zero attached hydrogens (tertiary/aromatic N) is 6. The summed E-state index contributed by atoms with van der Waals surface area (Å²) in [4.78, 5) is 23.2. The average molecular weight is 391 g/mol. The Morgan fingerprint density at radius 3 is 2.86 bits per heavy atom. The van der Waals surface area contributed by atoms with Crippen molar-refractivity contribution in [1.29, 1.82) is 0 Å². The van der Waals surface area contributed by atoms with Crippen LogP contribution in [-0.4, -0.2) is 34.5 Å². The standard InChI is InChI=1S/C19H14FN7O2/c1-26-16-9-21-17(22-18(16)23-19(26)28)14-8-15(13-6-7-29-25-13)27(24-14)10-11-4-2-3-5-12(11)20/h2-9H,10H2,1H3,(H,21,22,23,28). The molecule has 0 aliphatic carbocycles. The monoisotopic (exact) mass is 391 g/mol. The summed E-state index contributed by atoms with van der Waals surface area (Å²) in [5, 5.41) is 8.52. The number of aryl methyl sites for hydroxylation is 1. The quantitative estimate of drug-likeness (QED) is 0.504. The second kappa shape index (κ2) is 6.51. The SMILES string of the molecule is Cn1c(=O)[nH]c2nc(-c3cc(-c4ccon4)n(Cc4ccccc4F)n3)ncc21. The molecule has 0 aliphatic rings. The minimum Gasteiger partial charge on any atom is -0.364 e. The molecule has 0 aliphatic heterocycles. The molecule has 0 saturated carbocycles. The molecule has 0 spiro atoms. The number of imidazole rings is 1. The van der Waals surface area contributed by atoms with Gasteiger partial charge in [0.1, 0.15) is 29.0 Å². The molecule has 0 radical (unpaired) electrons. The summed E-state index contributed by atoms with van der Waals surface area (Å²) in [5.41, 5.74) is 2.84. The highest BCUT2D eigenvalue weighted by atomic mass is 19.1. The number of benzene rings is 1. The third-order valence-corrected chi connectivity index (χ3v) is 4.65. The Hall–Kier alpha value is -4.08. The lowest BCUT2D eigenvalue weighted by molar-refractivity contribution is 0.421. The molecule has 9 nitrogen and oxygen atoms in total. The summed E-state index contributed by atoms with van der Waals surface area (Å²) in [6.45, 7) is 0.194. The van der Waals surface area contributed by atoms with Crippen molar-refractivity contribution < 1.29 is 8.91 Å². The normalized spacial score (nSPS) is 11.4. The van der Waals surface area contributed by atoms with E-state index in [0.29, 0.717) is 39.6 Å². The Kier molecular flexibility index (Phi) is 3.83. The smallest absolute Gasteiger partial charge is 0.327 e. The van der Waals surface area contributed by atoms with Crippen LogP contribution < -0.4 is 5.69 Å². The first-order valence-electron chi connectivity index (χ1n) is 8.74. The zero-order chi connectivity index (χ0) is 20.0. The fourth-order valence-corrected chi connectivity index (χ4v) is 3.12. The van der Waals surface area contributed by atoms with Crippen LogP contribution in [0.2, 0.25) is 0 Å². The highest BCUT2D eigenvalue weighted by Crippen LogP contribution is 2.25. The van der Waals surface area contributed by atoms with Gasteiger partial charge < -0.3 is 4.52 Å². The molecule has 0 amide bonds. The fraction of sp³-hybridized carbons (Fsp3) is 0.105. The molecule has 4 heterocycles. The van der Waals surface area contributed by atoms with Crippen LogP contribution in [0.15, 0.2) is 58.2 Å². The van der Waals surface area contributed by atoms with E-state index in [2.05, 4.69) is 25.2 Å². The van der Waals surface area contributed by atoms with Gasteiger partial charge in [0.2, 0.25) is 0 Å². The highest BCUT2D eigenvalue weighted by Gasteiger charge is 2.17. The van der Waals surface area contributed by atoms with Crippen LogP contribution in [0, 0.1) is 5.82 Å². The molecule has 5 rings (SSSR count). The zero-order valence-corrected chi connectivity index (χ0v) is 15.2. The van der Waals surface area contributed by atoms with Gasteiger partial charge in [0.25, 0.3) is 0 Å². The number of halogens is 1. The molecule has 0 bridgehead atoms. The molecule has 144 valence electrons. The predicted octanol–water partition coefficient (Wildman–Crippen LogP) is 2.36. The first-order valence-corrected chi connectivity index (χ1v) is 8.74. The molecule has 0 atom stereocenters. The van der Waals surface area contributed by atoms with E-state index in [1.807, 2.05) is 0 Å². The summed E-state index contributed by atoms with van der Waals surface area (Å²) in [5.74, 6) is 0.00608. The van der Waals surface area contributed by atoms with Crippen LogP contribution in [0.3, 0.4) is 0 Å². The van der Waals surface area contributed by atoms with E-state index in [1.54, 1.807) is 48.3 Å².